The molecule has 0 saturated carbocycles. The Morgan fingerprint density at radius 3 is 2.86 bits per heavy atom. The molecule has 5 nitrogen and oxygen atoms in total. The summed E-state index contributed by atoms with van der Waals surface area (Å²) in [4.78, 5) is 14.7. The molecule has 3 rings (SSSR count). The number of likely N-dealkylation sites (tertiary alicyclic amines) is 1. The number of ether oxygens (including phenoxy) is 3. The maximum Gasteiger partial charge on any atom is 0.254 e. The van der Waals surface area contributed by atoms with E-state index in [2.05, 4.69) is 0 Å². The smallest absolute Gasteiger partial charge is 0.254 e. The summed E-state index contributed by atoms with van der Waals surface area (Å²) in [7, 11) is 1.60. The molecule has 2 heterocycles. The van der Waals surface area contributed by atoms with Crippen LogP contribution in [0.3, 0.4) is 0 Å². The fourth-order valence-corrected chi connectivity index (χ4v) is 3.01. The van der Waals surface area contributed by atoms with E-state index < -0.39 is 0 Å². The highest BCUT2D eigenvalue weighted by Gasteiger charge is 2.36. The van der Waals surface area contributed by atoms with Gasteiger partial charge in [-0.3, -0.25) is 4.79 Å². The van der Waals surface area contributed by atoms with Crippen LogP contribution >= 0.6 is 0 Å². The van der Waals surface area contributed by atoms with Crippen molar-refractivity contribution in [1.29, 1.82) is 0 Å². The molecule has 114 valence electrons. The molecule has 2 aliphatic rings. The number of hydrogen-bond donors (Lipinski definition) is 0. The van der Waals surface area contributed by atoms with Gasteiger partial charge in [-0.05, 0) is 37.5 Å². The Labute approximate surface area is 124 Å². The van der Waals surface area contributed by atoms with Crippen LogP contribution < -0.4 is 4.74 Å². The van der Waals surface area contributed by atoms with Crippen LogP contribution in [-0.2, 0) is 9.47 Å². The molecule has 0 bridgehead atoms. The van der Waals surface area contributed by atoms with Gasteiger partial charge in [-0.15, -0.1) is 0 Å². The topological polar surface area (TPSA) is 48.0 Å². The number of benzene rings is 1. The third-order valence-electron chi connectivity index (χ3n) is 4.09. The molecule has 2 saturated heterocycles. The van der Waals surface area contributed by atoms with E-state index >= 15 is 0 Å². The standard InChI is InChI=1S/C16H21NO4/c1-19-13-6-4-5-12(11-13)15(18)17-8-3-2-7-14(17)16-20-9-10-21-16/h4-6,11,14,16H,2-3,7-10H2,1H3. The van der Waals surface area contributed by atoms with Crippen molar-refractivity contribution >= 4 is 5.91 Å². The van der Waals surface area contributed by atoms with Crippen LogP contribution in [0, 0.1) is 0 Å². The fraction of sp³-hybridized carbons (Fsp3) is 0.562. The molecule has 5 heteroatoms. The van der Waals surface area contributed by atoms with Crippen LogP contribution in [0.25, 0.3) is 0 Å². The number of carbonyl (C=O) groups is 1. The van der Waals surface area contributed by atoms with E-state index in [0.717, 1.165) is 25.8 Å². The van der Waals surface area contributed by atoms with Gasteiger partial charge in [-0.1, -0.05) is 6.07 Å². The van der Waals surface area contributed by atoms with E-state index in [1.165, 1.54) is 0 Å². The SMILES string of the molecule is COc1cccc(C(=O)N2CCCCC2C2OCCO2)c1. The van der Waals surface area contributed by atoms with Crippen molar-refractivity contribution in [1.82, 2.24) is 4.90 Å². The minimum atomic E-state index is -0.278. The Kier molecular flexibility index (Phi) is 4.41. The summed E-state index contributed by atoms with van der Waals surface area (Å²) < 4.78 is 16.4. The summed E-state index contributed by atoms with van der Waals surface area (Å²) in [5.41, 5.74) is 0.652. The largest absolute Gasteiger partial charge is 0.497 e. The lowest BCUT2D eigenvalue weighted by atomic mass is 10.00. The average molecular weight is 291 g/mol. The van der Waals surface area contributed by atoms with Gasteiger partial charge in [0.1, 0.15) is 5.75 Å². The van der Waals surface area contributed by atoms with Crippen LogP contribution in [0.5, 0.6) is 5.75 Å². The summed E-state index contributed by atoms with van der Waals surface area (Å²) in [6.45, 7) is 1.98. The summed E-state index contributed by atoms with van der Waals surface area (Å²) in [6.07, 6.45) is 2.79. The van der Waals surface area contributed by atoms with Gasteiger partial charge in [0.15, 0.2) is 6.29 Å². The van der Waals surface area contributed by atoms with Crippen LogP contribution in [0.15, 0.2) is 24.3 Å². The number of carbonyl (C=O) groups excluding carboxylic acids is 1. The van der Waals surface area contributed by atoms with E-state index in [-0.39, 0.29) is 18.2 Å². The first-order valence-electron chi connectivity index (χ1n) is 7.48. The number of piperidine rings is 1. The van der Waals surface area contributed by atoms with Gasteiger partial charge in [0.2, 0.25) is 0 Å². The molecule has 0 aromatic heterocycles. The van der Waals surface area contributed by atoms with Crippen LogP contribution in [-0.4, -0.2) is 50.0 Å². The van der Waals surface area contributed by atoms with E-state index in [1.807, 2.05) is 23.1 Å². The second kappa shape index (κ2) is 6.45. The highest BCUT2D eigenvalue weighted by molar-refractivity contribution is 5.95. The van der Waals surface area contributed by atoms with Gasteiger partial charge in [0.25, 0.3) is 5.91 Å². The zero-order chi connectivity index (χ0) is 14.7. The van der Waals surface area contributed by atoms with Crippen LogP contribution in [0.2, 0.25) is 0 Å². The molecule has 0 N–H and O–H groups in total. The van der Waals surface area contributed by atoms with Crippen LogP contribution in [0.4, 0.5) is 0 Å². The van der Waals surface area contributed by atoms with Crippen molar-refractivity contribution in [2.24, 2.45) is 0 Å². The zero-order valence-electron chi connectivity index (χ0n) is 12.3. The van der Waals surface area contributed by atoms with E-state index in [0.29, 0.717) is 24.5 Å². The lowest BCUT2D eigenvalue weighted by Crippen LogP contribution is -2.50. The Morgan fingerprint density at radius 2 is 2.10 bits per heavy atom. The zero-order valence-corrected chi connectivity index (χ0v) is 12.3. The highest BCUT2D eigenvalue weighted by atomic mass is 16.7. The predicted molar refractivity (Wildman–Crippen MR) is 77.4 cm³/mol. The van der Waals surface area contributed by atoms with Gasteiger partial charge < -0.3 is 19.1 Å². The van der Waals surface area contributed by atoms with Gasteiger partial charge in [-0.25, -0.2) is 0 Å². The molecule has 1 aromatic carbocycles. The fourth-order valence-electron chi connectivity index (χ4n) is 3.01. The lowest BCUT2D eigenvalue weighted by molar-refractivity contribution is -0.100. The molecule has 0 radical (unpaired) electrons. The molecule has 1 amide bonds. The first kappa shape index (κ1) is 14.4. The quantitative estimate of drug-likeness (QED) is 0.855. The molecule has 0 spiro atoms. The van der Waals surface area contributed by atoms with E-state index in [1.54, 1.807) is 13.2 Å². The molecule has 21 heavy (non-hydrogen) atoms. The Bertz CT molecular complexity index is 499. The van der Waals surface area contributed by atoms with E-state index in [9.17, 15) is 4.79 Å². The molecule has 1 atom stereocenters. The lowest BCUT2D eigenvalue weighted by Gasteiger charge is -2.38. The maximum absolute atomic E-state index is 12.8. The Morgan fingerprint density at radius 1 is 1.29 bits per heavy atom. The van der Waals surface area contributed by atoms with Crippen molar-refractivity contribution in [2.75, 3.05) is 26.9 Å². The first-order chi connectivity index (χ1) is 10.3. The van der Waals surface area contributed by atoms with Crippen molar-refractivity contribution in [3.05, 3.63) is 29.8 Å². The predicted octanol–water partition coefficient (Wildman–Crippen LogP) is 2.06. The van der Waals surface area contributed by atoms with Gasteiger partial charge in [0, 0.05) is 12.1 Å². The minimum Gasteiger partial charge on any atom is -0.497 e. The Balaban J connectivity index is 1.79. The number of nitrogens with zero attached hydrogens (tertiary/aromatic N) is 1. The van der Waals surface area contributed by atoms with E-state index in [4.69, 9.17) is 14.2 Å². The average Bonchev–Trinajstić information content (AvgIpc) is 3.08. The summed E-state index contributed by atoms with van der Waals surface area (Å²) in [5.74, 6) is 0.723. The molecule has 0 aliphatic carbocycles. The summed E-state index contributed by atoms with van der Waals surface area (Å²) in [5, 5.41) is 0. The molecule has 2 fully saturated rings. The molecule has 1 aromatic rings. The third kappa shape index (κ3) is 3.04. The summed E-state index contributed by atoms with van der Waals surface area (Å²) in [6, 6.07) is 7.30. The first-order valence-corrected chi connectivity index (χ1v) is 7.48. The monoisotopic (exact) mass is 291 g/mol. The minimum absolute atomic E-state index is 0.0138. The highest BCUT2D eigenvalue weighted by Crippen LogP contribution is 2.26. The van der Waals surface area contributed by atoms with Gasteiger partial charge in [0.05, 0.1) is 26.4 Å². The normalized spacial score (nSPS) is 23.3. The van der Waals surface area contributed by atoms with Gasteiger partial charge in [-0.2, -0.15) is 0 Å². The number of rotatable bonds is 3. The molecular weight excluding hydrogens is 270 g/mol. The number of amides is 1. The van der Waals surface area contributed by atoms with Crippen LogP contribution in [0.1, 0.15) is 29.6 Å². The second-order valence-corrected chi connectivity index (χ2v) is 5.40. The summed E-state index contributed by atoms with van der Waals surface area (Å²) >= 11 is 0. The van der Waals surface area contributed by atoms with Crippen molar-refractivity contribution in [2.45, 2.75) is 31.6 Å². The number of hydrogen-bond acceptors (Lipinski definition) is 4. The van der Waals surface area contributed by atoms with Crippen molar-refractivity contribution in [3.8, 4) is 5.75 Å². The van der Waals surface area contributed by atoms with Crippen molar-refractivity contribution in [3.63, 3.8) is 0 Å². The molecule has 2 aliphatic heterocycles. The third-order valence-corrected chi connectivity index (χ3v) is 4.09. The molecular formula is C16H21NO4. The number of methoxy groups -OCH3 is 1. The maximum atomic E-state index is 12.8. The van der Waals surface area contributed by atoms with Gasteiger partial charge >= 0.3 is 0 Å². The second-order valence-electron chi connectivity index (χ2n) is 5.40. The van der Waals surface area contributed by atoms with Crippen molar-refractivity contribution < 1.29 is 19.0 Å². The Hall–Kier alpha value is -1.59. The molecule has 1 unspecified atom stereocenters.